The molecular formula is C21H19ClN2O7S. The van der Waals surface area contributed by atoms with Crippen LogP contribution in [0.15, 0.2) is 41.3 Å². The van der Waals surface area contributed by atoms with Gasteiger partial charge >= 0.3 is 0 Å². The summed E-state index contributed by atoms with van der Waals surface area (Å²) in [5.41, 5.74) is 1.26. The Labute approximate surface area is 193 Å². The number of imide groups is 1. The molecule has 9 nitrogen and oxygen atoms in total. The second-order valence-electron chi connectivity index (χ2n) is 6.57. The Balaban J connectivity index is 1.77. The zero-order valence-corrected chi connectivity index (χ0v) is 18.8. The van der Waals surface area contributed by atoms with Gasteiger partial charge in [-0.25, -0.2) is 0 Å². The Morgan fingerprint density at radius 3 is 2.53 bits per heavy atom. The molecule has 1 fully saturated rings. The summed E-state index contributed by atoms with van der Waals surface area (Å²) in [6.07, 6.45) is 1.56. The minimum Gasteiger partial charge on any atom is -0.493 e. The molecule has 0 saturated carbocycles. The van der Waals surface area contributed by atoms with E-state index in [2.05, 4.69) is 0 Å². The Kier molecular flexibility index (Phi) is 7.73. The van der Waals surface area contributed by atoms with E-state index in [9.17, 15) is 19.7 Å². The van der Waals surface area contributed by atoms with Crippen LogP contribution in [-0.2, 0) is 16.1 Å². The highest BCUT2D eigenvalue weighted by Gasteiger charge is 2.34. The quantitative estimate of drug-likeness (QED) is 0.294. The molecule has 2 aromatic carbocycles. The highest BCUT2D eigenvalue weighted by molar-refractivity contribution is 8.18. The predicted molar refractivity (Wildman–Crippen MR) is 120 cm³/mol. The molecule has 168 valence electrons. The van der Waals surface area contributed by atoms with Gasteiger partial charge in [-0.15, -0.1) is 0 Å². The van der Waals surface area contributed by atoms with Crippen LogP contribution >= 0.6 is 23.4 Å². The smallest absolute Gasteiger partial charge is 0.293 e. The van der Waals surface area contributed by atoms with Crippen LogP contribution in [0.25, 0.3) is 6.08 Å². The highest BCUT2D eigenvalue weighted by atomic mass is 35.5. The van der Waals surface area contributed by atoms with E-state index in [1.54, 1.807) is 30.3 Å². The van der Waals surface area contributed by atoms with E-state index >= 15 is 0 Å². The van der Waals surface area contributed by atoms with E-state index in [0.717, 1.165) is 16.7 Å². The molecular weight excluding hydrogens is 460 g/mol. The number of nitrogens with zero attached hydrogens (tertiary/aromatic N) is 2. The van der Waals surface area contributed by atoms with Crippen LogP contribution in [-0.4, -0.2) is 48.3 Å². The minimum atomic E-state index is -0.477. The van der Waals surface area contributed by atoms with Crippen LogP contribution in [0.5, 0.6) is 11.5 Å². The largest absolute Gasteiger partial charge is 0.493 e. The monoisotopic (exact) mass is 478 g/mol. The van der Waals surface area contributed by atoms with Gasteiger partial charge in [0.25, 0.3) is 16.8 Å². The molecule has 0 aromatic heterocycles. The number of halogens is 1. The molecule has 0 N–H and O–H groups in total. The van der Waals surface area contributed by atoms with E-state index in [1.807, 2.05) is 0 Å². The maximum absolute atomic E-state index is 12.5. The first kappa shape index (κ1) is 23.6. The average Bonchev–Trinajstić information content (AvgIpc) is 3.03. The summed E-state index contributed by atoms with van der Waals surface area (Å²) in [6.45, 7) is 0.551. The molecule has 32 heavy (non-hydrogen) atoms. The fraction of sp³-hybridized carbons (Fsp3) is 0.238. The number of amides is 2. The van der Waals surface area contributed by atoms with Crippen LogP contribution < -0.4 is 9.47 Å². The van der Waals surface area contributed by atoms with Gasteiger partial charge in [0.05, 0.1) is 35.1 Å². The van der Waals surface area contributed by atoms with Gasteiger partial charge in [0, 0.05) is 19.2 Å². The highest BCUT2D eigenvalue weighted by Crippen LogP contribution is 2.39. The van der Waals surface area contributed by atoms with E-state index in [0.29, 0.717) is 16.9 Å². The third-order valence-corrected chi connectivity index (χ3v) is 5.66. The number of methoxy groups -OCH3 is 2. The van der Waals surface area contributed by atoms with Crippen molar-refractivity contribution >= 4 is 46.3 Å². The standard InChI is InChI=1S/C21H19ClN2O7S/c1-29-8-7-23-20(25)18(32-21(23)26)11-14-9-16(22)19(17(10-14)30-2)31-12-13-3-5-15(6-4-13)24(27)28/h3-6,9-11H,7-8,12H2,1-2H3/b18-11+. The molecule has 0 atom stereocenters. The number of carbonyl (C=O) groups excluding carboxylic acids is 2. The molecule has 0 radical (unpaired) electrons. The molecule has 0 spiro atoms. The van der Waals surface area contributed by atoms with Crippen molar-refractivity contribution in [1.29, 1.82) is 0 Å². The van der Waals surface area contributed by atoms with E-state index < -0.39 is 10.8 Å². The second-order valence-corrected chi connectivity index (χ2v) is 7.97. The summed E-state index contributed by atoms with van der Waals surface area (Å²) in [4.78, 5) is 36.2. The lowest BCUT2D eigenvalue weighted by atomic mass is 10.1. The Morgan fingerprint density at radius 1 is 1.19 bits per heavy atom. The first-order chi connectivity index (χ1) is 15.3. The maximum Gasteiger partial charge on any atom is 0.293 e. The summed E-state index contributed by atoms with van der Waals surface area (Å²) in [5, 5.41) is 10.6. The number of hydrogen-bond donors (Lipinski definition) is 0. The fourth-order valence-electron chi connectivity index (χ4n) is 2.86. The Morgan fingerprint density at radius 2 is 1.91 bits per heavy atom. The molecule has 1 aliphatic heterocycles. The molecule has 3 rings (SSSR count). The molecule has 1 heterocycles. The third-order valence-electron chi connectivity index (χ3n) is 4.47. The zero-order valence-electron chi connectivity index (χ0n) is 17.2. The average molecular weight is 479 g/mol. The Hall–Kier alpha value is -3.08. The van der Waals surface area contributed by atoms with Gasteiger partial charge in [-0.3, -0.25) is 24.6 Å². The lowest BCUT2D eigenvalue weighted by molar-refractivity contribution is -0.384. The molecule has 0 unspecified atom stereocenters. The summed E-state index contributed by atoms with van der Waals surface area (Å²) >= 11 is 7.23. The maximum atomic E-state index is 12.5. The number of nitro benzene ring substituents is 1. The lowest BCUT2D eigenvalue weighted by Crippen LogP contribution is -2.31. The fourth-order valence-corrected chi connectivity index (χ4v) is 4.00. The van der Waals surface area contributed by atoms with E-state index in [4.69, 9.17) is 25.8 Å². The minimum absolute atomic E-state index is 0.0136. The van der Waals surface area contributed by atoms with Crippen molar-refractivity contribution in [2.75, 3.05) is 27.4 Å². The van der Waals surface area contributed by atoms with Gasteiger partial charge in [0.15, 0.2) is 11.5 Å². The lowest BCUT2D eigenvalue weighted by Gasteiger charge is -2.14. The van der Waals surface area contributed by atoms with Crippen molar-refractivity contribution in [1.82, 2.24) is 4.90 Å². The first-order valence-electron chi connectivity index (χ1n) is 9.32. The Bertz CT molecular complexity index is 1070. The summed E-state index contributed by atoms with van der Waals surface area (Å²) in [7, 11) is 2.95. The zero-order chi connectivity index (χ0) is 23.3. The van der Waals surface area contributed by atoms with Crippen molar-refractivity contribution in [3.8, 4) is 11.5 Å². The van der Waals surface area contributed by atoms with Crippen molar-refractivity contribution in [2.24, 2.45) is 0 Å². The third kappa shape index (κ3) is 5.39. The summed E-state index contributed by atoms with van der Waals surface area (Å²) in [5.74, 6) is 0.229. The number of thioether (sulfide) groups is 1. The van der Waals surface area contributed by atoms with Gasteiger partial charge in [-0.05, 0) is 53.2 Å². The van der Waals surface area contributed by atoms with Gasteiger partial charge in [-0.1, -0.05) is 11.6 Å². The van der Waals surface area contributed by atoms with Gasteiger partial charge in [0.2, 0.25) is 0 Å². The van der Waals surface area contributed by atoms with Crippen LogP contribution in [0.3, 0.4) is 0 Å². The van der Waals surface area contributed by atoms with Crippen molar-refractivity contribution in [3.63, 3.8) is 0 Å². The van der Waals surface area contributed by atoms with Crippen molar-refractivity contribution in [2.45, 2.75) is 6.61 Å². The number of non-ortho nitro benzene ring substituents is 1. The molecule has 2 amide bonds. The van der Waals surface area contributed by atoms with Gasteiger partial charge in [-0.2, -0.15) is 0 Å². The second kappa shape index (κ2) is 10.5. The number of rotatable bonds is 9. The van der Waals surface area contributed by atoms with Gasteiger partial charge in [0.1, 0.15) is 6.61 Å². The van der Waals surface area contributed by atoms with Crippen LogP contribution in [0.4, 0.5) is 10.5 Å². The molecule has 1 saturated heterocycles. The van der Waals surface area contributed by atoms with Gasteiger partial charge < -0.3 is 14.2 Å². The number of nitro groups is 1. The first-order valence-corrected chi connectivity index (χ1v) is 10.5. The molecule has 11 heteroatoms. The van der Waals surface area contributed by atoms with E-state index in [-0.39, 0.29) is 46.4 Å². The van der Waals surface area contributed by atoms with Crippen LogP contribution in [0.2, 0.25) is 5.02 Å². The molecule has 0 aliphatic carbocycles. The molecule has 1 aliphatic rings. The summed E-state index contributed by atoms with van der Waals surface area (Å²) < 4.78 is 16.1. The number of benzene rings is 2. The SMILES string of the molecule is COCCN1C(=O)S/C(=C/c2cc(Cl)c(OCc3ccc([N+](=O)[O-])cc3)c(OC)c2)C1=O. The van der Waals surface area contributed by atoms with Crippen molar-refractivity contribution in [3.05, 3.63) is 67.6 Å². The number of carbonyl (C=O) groups is 2. The predicted octanol–water partition coefficient (Wildman–Crippen LogP) is 4.52. The molecule has 2 aromatic rings. The normalized spacial score (nSPS) is 14.8. The number of hydrogen-bond acceptors (Lipinski definition) is 8. The van der Waals surface area contributed by atoms with E-state index in [1.165, 1.54) is 26.4 Å². The number of ether oxygens (including phenoxy) is 3. The topological polar surface area (TPSA) is 108 Å². The van der Waals surface area contributed by atoms with Crippen LogP contribution in [0, 0.1) is 10.1 Å². The van der Waals surface area contributed by atoms with Crippen LogP contribution in [0.1, 0.15) is 11.1 Å². The van der Waals surface area contributed by atoms with Crippen molar-refractivity contribution < 1.29 is 28.7 Å². The summed E-state index contributed by atoms with van der Waals surface area (Å²) in [6, 6.07) is 9.19. The molecule has 0 bridgehead atoms.